The predicted molar refractivity (Wildman–Crippen MR) is 75.9 cm³/mol. The molecule has 7 heteroatoms. The molecule has 0 saturated heterocycles. The summed E-state index contributed by atoms with van der Waals surface area (Å²) in [7, 11) is 0. The number of carbonyl (C=O) groups excluding carboxylic acids is 1. The molecule has 21 heavy (non-hydrogen) atoms. The van der Waals surface area contributed by atoms with Crippen molar-refractivity contribution < 1.29 is 14.8 Å². The lowest BCUT2D eigenvalue weighted by molar-refractivity contribution is -0.389. The van der Waals surface area contributed by atoms with Gasteiger partial charge in [-0.15, -0.1) is 0 Å². The zero-order valence-corrected chi connectivity index (χ0v) is 11.2. The molecule has 110 valence electrons. The first-order valence-corrected chi connectivity index (χ1v) is 6.39. The summed E-state index contributed by atoms with van der Waals surface area (Å²) < 4.78 is 0. The van der Waals surface area contributed by atoms with Crippen LogP contribution in [0.2, 0.25) is 0 Å². The van der Waals surface area contributed by atoms with Crippen LogP contribution in [0.3, 0.4) is 0 Å². The van der Waals surface area contributed by atoms with Crippen LogP contribution in [0.25, 0.3) is 0 Å². The van der Waals surface area contributed by atoms with Gasteiger partial charge >= 0.3 is 5.82 Å². The molecule has 2 aromatic rings. The molecule has 0 aliphatic rings. The number of carbonyl (C=O) groups is 1. The Hall–Kier alpha value is -2.67. The topological polar surface area (TPSA) is 108 Å². The van der Waals surface area contributed by atoms with Gasteiger partial charge in [-0.05, 0) is 23.0 Å². The summed E-state index contributed by atoms with van der Waals surface area (Å²) >= 11 is 0. The fraction of sp³-hybridized carbons (Fsp3) is 0.214. The standard InChI is InChI=1S/C14H15N3O4/c18-9-11(8-10-4-2-1-3-5-10)15-14(19)12-6-7-13(16-12)17(20)21/h1-7,11,16,18H,8-9H2,(H,15,19). The highest BCUT2D eigenvalue weighted by Crippen LogP contribution is 2.10. The second-order valence-corrected chi connectivity index (χ2v) is 4.56. The van der Waals surface area contributed by atoms with E-state index in [-0.39, 0.29) is 18.1 Å². The van der Waals surface area contributed by atoms with Crippen molar-refractivity contribution in [2.75, 3.05) is 6.61 Å². The number of nitrogens with zero attached hydrogens (tertiary/aromatic N) is 1. The van der Waals surface area contributed by atoms with Gasteiger partial charge in [-0.2, -0.15) is 0 Å². The van der Waals surface area contributed by atoms with Gasteiger partial charge in [0.1, 0.15) is 0 Å². The zero-order chi connectivity index (χ0) is 15.2. The van der Waals surface area contributed by atoms with Crippen LogP contribution >= 0.6 is 0 Å². The lowest BCUT2D eigenvalue weighted by Crippen LogP contribution is -2.39. The van der Waals surface area contributed by atoms with Gasteiger partial charge in [0.2, 0.25) is 0 Å². The van der Waals surface area contributed by atoms with Crippen LogP contribution in [0.15, 0.2) is 42.5 Å². The molecule has 2 rings (SSSR count). The van der Waals surface area contributed by atoms with Crippen molar-refractivity contribution in [1.29, 1.82) is 0 Å². The minimum atomic E-state index is -0.607. The summed E-state index contributed by atoms with van der Waals surface area (Å²) in [5.74, 6) is -0.734. The van der Waals surface area contributed by atoms with Crippen molar-refractivity contribution in [3.05, 3.63) is 63.8 Å². The third-order valence-corrected chi connectivity index (χ3v) is 2.99. The van der Waals surface area contributed by atoms with Crippen molar-refractivity contribution >= 4 is 11.7 Å². The summed E-state index contributed by atoms with van der Waals surface area (Å²) in [4.78, 5) is 24.3. The van der Waals surface area contributed by atoms with Gasteiger partial charge in [-0.25, -0.2) is 4.98 Å². The fourth-order valence-electron chi connectivity index (χ4n) is 1.95. The Morgan fingerprint density at radius 2 is 2.00 bits per heavy atom. The van der Waals surface area contributed by atoms with Crippen LogP contribution < -0.4 is 5.32 Å². The number of rotatable bonds is 6. The molecule has 0 aliphatic carbocycles. The maximum atomic E-state index is 12.0. The quantitative estimate of drug-likeness (QED) is 0.549. The highest BCUT2D eigenvalue weighted by atomic mass is 16.6. The third-order valence-electron chi connectivity index (χ3n) is 2.99. The average molecular weight is 289 g/mol. The Morgan fingerprint density at radius 3 is 2.57 bits per heavy atom. The second kappa shape index (κ2) is 6.67. The van der Waals surface area contributed by atoms with Gasteiger partial charge in [0.05, 0.1) is 12.6 Å². The Bertz CT molecular complexity index is 624. The minimum Gasteiger partial charge on any atom is -0.394 e. The van der Waals surface area contributed by atoms with E-state index in [0.717, 1.165) is 5.56 Å². The van der Waals surface area contributed by atoms with E-state index in [1.807, 2.05) is 30.3 Å². The largest absolute Gasteiger partial charge is 0.394 e. The Morgan fingerprint density at radius 1 is 1.29 bits per heavy atom. The highest BCUT2D eigenvalue weighted by Gasteiger charge is 2.18. The van der Waals surface area contributed by atoms with Crippen LogP contribution in [-0.2, 0) is 6.42 Å². The van der Waals surface area contributed by atoms with Crippen molar-refractivity contribution in [2.45, 2.75) is 12.5 Å². The van der Waals surface area contributed by atoms with Gasteiger partial charge < -0.3 is 20.5 Å². The lowest BCUT2D eigenvalue weighted by Gasteiger charge is -2.15. The SMILES string of the molecule is O=C(NC(CO)Cc1ccccc1)c1ccc([N+](=O)[O-])[nH]1. The van der Waals surface area contributed by atoms with Crippen LogP contribution in [0.1, 0.15) is 16.1 Å². The molecule has 1 amide bonds. The van der Waals surface area contributed by atoms with Crippen LogP contribution in [-0.4, -0.2) is 33.6 Å². The van der Waals surface area contributed by atoms with Gasteiger partial charge in [0.15, 0.2) is 5.69 Å². The van der Waals surface area contributed by atoms with E-state index in [9.17, 15) is 20.0 Å². The summed E-state index contributed by atoms with van der Waals surface area (Å²) in [5, 5.41) is 22.5. The van der Waals surface area contributed by atoms with E-state index in [4.69, 9.17) is 0 Å². The molecular formula is C14H15N3O4. The molecule has 7 nitrogen and oxygen atoms in total. The van der Waals surface area contributed by atoms with Gasteiger partial charge in [0.25, 0.3) is 5.91 Å². The van der Waals surface area contributed by atoms with Crippen LogP contribution in [0.5, 0.6) is 0 Å². The van der Waals surface area contributed by atoms with E-state index in [0.29, 0.717) is 6.42 Å². The molecule has 1 heterocycles. The number of nitrogens with one attached hydrogen (secondary N) is 2. The molecule has 0 aliphatic heterocycles. The molecule has 0 bridgehead atoms. The number of hydrogen-bond acceptors (Lipinski definition) is 4. The van der Waals surface area contributed by atoms with Gasteiger partial charge in [-0.1, -0.05) is 30.3 Å². The normalized spacial score (nSPS) is 11.9. The molecule has 0 saturated carbocycles. The maximum absolute atomic E-state index is 12.0. The Balaban J connectivity index is 2.00. The summed E-state index contributed by atoms with van der Waals surface area (Å²) in [6.45, 7) is -0.219. The van der Waals surface area contributed by atoms with Crippen molar-refractivity contribution in [1.82, 2.24) is 10.3 Å². The third kappa shape index (κ3) is 3.90. The van der Waals surface area contributed by atoms with E-state index < -0.39 is 16.9 Å². The minimum absolute atomic E-state index is 0.0909. The number of aliphatic hydroxyl groups excluding tert-OH is 1. The maximum Gasteiger partial charge on any atom is 0.321 e. The number of aromatic nitrogens is 1. The smallest absolute Gasteiger partial charge is 0.321 e. The highest BCUT2D eigenvalue weighted by molar-refractivity contribution is 5.93. The lowest BCUT2D eigenvalue weighted by atomic mass is 10.1. The molecular weight excluding hydrogens is 274 g/mol. The first kappa shape index (κ1) is 14.7. The Labute approximate surface area is 120 Å². The molecule has 1 unspecified atom stereocenters. The van der Waals surface area contributed by atoms with E-state index >= 15 is 0 Å². The van der Waals surface area contributed by atoms with Crippen molar-refractivity contribution in [2.24, 2.45) is 0 Å². The number of aliphatic hydroxyl groups is 1. The molecule has 0 fully saturated rings. The molecule has 1 aromatic carbocycles. The second-order valence-electron chi connectivity index (χ2n) is 4.56. The fourth-order valence-corrected chi connectivity index (χ4v) is 1.95. The molecule has 0 radical (unpaired) electrons. The number of aromatic amines is 1. The molecule has 3 N–H and O–H groups in total. The first-order chi connectivity index (χ1) is 10.1. The van der Waals surface area contributed by atoms with Crippen molar-refractivity contribution in [3.8, 4) is 0 Å². The number of nitro groups is 1. The van der Waals surface area contributed by atoms with Crippen LogP contribution in [0.4, 0.5) is 5.82 Å². The van der Waals surface area contributed by atoms with E-state index in [1.54, 1.807) is 0 Å². The summed E-state index contributed by atoms with van der Waals surface area (Å²) in [6.07, 6.45) is 0.478. The van der Waals surface area contributed by atoms with Gasteiger partial charge in [-0.3, -0.25) is 4.79 Å². The average Bonchev–Trinajstić information content (AvgIpc) is 2.97. The molecule has 1 aromatic heterocycles. The summed E-state index contributed by atoms with van der Waals surface area (Å²) in [6, 6.07) is 11.5. The van der Waals surface area contributed by atoms with E-state index in [1.165, 1.54) is 12.1 Å². The van der Waals surface area contributed by atoms with Gasteiger partial charge in [0, 0.05) is 6.07 Å². The van der Waals surface area contributed by atoms with Crippen LogP contribution in [0, 0.1) is 10.1 Å². The Kier molecular flexibility index (Phi) is 4.68. The monoisotopic (exact) mass is 289 g/mol. The number of amides is 1. The van der Waals surface area contributed by atoms with E-state index in [2.05, 4.69) is 10.3 Å². The van der Waals surface area contributed by atoms with Crippen molar-refractivity contribution in [3.63, 3.8) is 0 Å². The summed E-state index contributed by atoms with van der Waals surface area (Å²) in [5.41, 5.74) is 1.07. The first-order valence-electron chi connectivity index (χ1n) is 6.39. The predicted octanol–water partition coefficient (Wildman–Crippen LogP) is 1.26. The molecule has 0 spiro atoms. The number of hydrogen-bond donors (Lipinski definition) is 3. The number of benzene rings is 1. The molecule has 1 atom stereocenters. The zero-order valence-electron chi connectivity index (χ0n) is 11.2. The number of H-pyrrole nitrogens is 1.